The Morgan fingerprint density at radius 1 is 0.444 bits per heavy atom. The summed E-state index contributed by atoms with van der Waals surface area (Å²) in [4.78, 5) is 11.1. The van der Waals surface area contributed by atoms with Crippen molar-refractivity contribution in [3.63, 3.8) is 0 Å². The minimum atomic E-state index is 0.582. The topological polar surface area (TPSA) is 43.9 Å². The SMILES string of the molecule is c1ccc2c(c1)ccc1c2c2c3ccccc3c3c4ccccc4sc3c2n1-c1nc(-c2cccc3c2sc2ccccc23)c2c(n1)oc1ccccc12. The highest BCUT2D eigenvalue weighted by Crippen LogP contribution is 2.50. The molecule has 0 saturated carbocycles. The lowest BCUT2D eigenvalue weighted by Crippen LogP contribution is -2.03. The van der Waals surface area contributed by atoms with Crippen LogP contribution in [0.1, 0.15) is 0 Å². The van der Waals surface area contributed by atoms with E-state index in [0.29, 0.717) is 11.7 Å². The Balaban J connectivity index is 1.27. The van der Waals surface area contributed by atoms with Crippen LogP contribution in [0.5, 0.6) is 0 Å². The molecule has 0 amide bonds. The first-order valence-electron chi connectivity index (χ1n) is 18.1. The molecule has 6 heteroatoms. The van der Waals surface area contributed by atoms with Crippen LogP contribution in [-0.4, -0.2) is 14.5 Å². The maximum Gasteiger partial charge on any atom is 0.238 e. The van der Waals surface area contributed by atoms with E-state index < -0.39 is 0 Å². The van der Waals surface area contributed by atoms with Crippen LogP contribution in [0.4, 0.5) is 0 Å². The molecule has 0 saturated heterocycles. The highest BCUT2D eigenvalue weighted by atomic mass is 32.1. The van der Waals surface area contributed by atoms with Crippen molar-refractivity contribution in [2.24, 2.45) is 0 Å². The van der Waals surface area contributed by atoms with Gasteiger partial charge in [-0.3, -0.25) is 4.57 Å². The molecular weight excluding hydrogens is 699 g/mol. The summed E-state index contributed by atoms with van der Waals surface area (Å²) in [6.45, 7) is 0. The van der Waals surface area contributed by atoms with Crippen molar-refractivity contribution in [1.82, 2.24) is 14.5 Å². The molecule has 0 spiro atoms. The zero-order chi connectivity index (χ0) is 35.1. The van der Waals surface area contributed by atoms with Crippen LogP contribution >= 0.6 is 22.7 Å². The first kappa shape index (κ1) is 28.9. The van der Waals surface area contributed by atoms with Gasteiger partial charge in [-0.25, -0.2) is 4.98 Å². The van der Waals surface area contributed by atoms with Crippen molar-refractivity contribution in [3.8, 4) is 17.2 Å². The first-order valence-corrected chi connectivity index (χ1v) is 19.7. The van der Waals surface area contributed by atoms with E-state index in [1.807, 2.05) is 34.8 Å². The number of furan rings is 1. The van der Waals surface area contributed by atoms with E-state index in [2.05, 4.69) is 144 Å². The quantitative estimate of drug-likeness (QED) is 0.178. The van der Waals surface area contributed by atoms with Crippen LogP contribution in [0.15, 0.2) is 156 Å². The molecule has 13 aromatic rings. The third-order valence-corrected chi connectivity index (χ3v) is 13.6. The van der Waals surface area contributed by atoms with Crippen molar-refractivity contribution in [1.29, 1.82) is 0 Å². The summed E-state index contributed by atoms with van der Waals surface area (Å²) in [6.07, 6.45) is 0. The van der Waals surface area contributed by atoms with Gasteiger partial charge in [0.15, 0.2) is 0 Å². The lowest BCUT2D eigenvalue weighted by atomic mass is 9.97. The molecule has 8 aromatic carbocycles. The van der Waals surface area contributed by atoms with Gasteiger partial charge in [0.1, 0.15) is 5.58 Å². The fourth-order valence-electron chi connectivity index (χ4n) is 8.98. The third-order valence-electron chi connectivity index (χ3n) is 11.2. The summed E-state index contributed by atoms with van der Waals surface area (Å²) < 4.78 is 13.9. The lowest BCUT2D eigenvalue weighted by Gasteiger charge is -2.11. The van der Waals surface area contributed by atoms with Crippen molar-refractivity contribution < 1.29 is 4.42 Å². The summed E-state index contributed by atoms with van der Waals surface area (Å²) >= 11 is 3.67. The molecule has 5 heterocycles. The number of para-hydroxylation sites is 1. The van der Waals surface area contributed by atoms with Crippen molar-refractivity contribution in [2.45, 2.75) is 0 Å². The van der Waals surface area contributed by atoms with Gasteiger partial charge in [0, 0.05) is 57.4 Å². The van der Waals surface area contributed by atoms with Gasteiger partial charge in [0.05, 0.1) is 26.8 Å². The van der Waals surface area contributed by atoms with Crippen LogP contribution < -0.4 is 0 Å². The molecule has 0 aliphatic heterocycles. The molecule has 250 valence electrons. The normalized spacial score (nSPS) is 12.4. The minimum Gasteiger partial charge on any atom is -0.437 e. The summed E-state index contributed by atoms with van der Waals surface area (Å²) in [6, 6.07) is 54.4. The molecule has 4 nitrogen and oxygen atoms in total. The number of fused-ring (bicyclic) bond motifs is 18. The molecule has 0 atom stereocenters. The number of nitrogens with zero attached hydrogens (tertiary/aromatic N) is 3. The second-order valence-electron chi connectivity index (χ2n) is 14.0. The maximum atomic E-state index is 6.67. The predicted molar refractivity (Wildman–Crippen MR) is 230 cm³/mol. The van der Waals surface area contributed by atoms with E-state index in [0.717, 1.165) is 38.6 Å². The fourth-order valence-corrected chi connectivity index (χ4v) is 11.5. The monoisotopic (exact) mass is 723 g/mol. The van der Waals surface area contributed by atoms with Crippen molar-refractivity contribution in [2.75, 3.05) is 0 Å². The zero-order valence-electron chi connectivity index (χ0n) is 28.5. The van der Waals surface area contributed by atoms with Crippen molar-refractivity contribution in [3.05, 3.63) is 152 Å². The van der Waals surface area contributed by atoms with Gasteiger partial charge in [-0.15, -0.1) is 22.7 Å². The second kappa shape index (κ2) is 10.5. The van der Waals surface area contributed by atoms with Gasteiger partial charge in [-0.2, -0.15) is 4.98 Å². The van der Waals surface area contributed by atoms with Crippen LogP contribution in [0.3, 0.4) is 0 Å². The van der Waals surface area contributed by atoms with Gasteiger partial charge in [-0.05, 0) is 45.8 Å². The Morgan fingerprint density at radius 3 is 1.94 bits per heavy atom. The summed E-state index contributed by atoms with van der Waals surface area (Å²) in [7, 11) is 0. The van der Waals surface area contributed by atoms with E-state index >= 15 is 0 Å². The van der Waals surface area contributed by atoms with Gasteiger partial charge in [0.2, 0.25) is 11.7 Å². The standard InChI is InChI=1S/C48H25N3OS2/c1-2-13-27-26(12-1)24-25-35-40(27)41-30-16-4-3-15-29(30)39-33-18-7-10-23-38(33)54-46(39)44(41)51(35)48-49-43(42-32-17-5-8-21-36(32)52-47(42)50-48)34-20-11-19-31-28-14-6-9-22-37(28)53-45(31)34/h1-25H. The fraction of sp³-hybridized carbons (Fsp3) is 0. The minimum absolute atomic E-state index is 0.582. The second-order valence-corrected chi connectivity index (χ2v) is 16.1. The lowest BCUT2D eigenvalue weighted by molar-refractivity contribution is 0.651. The number of hydrogen-bond donors (Lipinski definition) is 0. The largest absolute Gasteiger partial charge is 0.437 e. The summed E-state index contributed by atoms with van der Waals surface area (Å²) in [5, 5.41) is 14.3. The molecule has 54 heavy (non-hydrogen) atoms. The number of benzene rings is 8. The van der Waals surface area contributed by atoms with E-state index in [9.17, 15) is 0 Å². The first-order chi connectivity index (χ1) is 26.8. The zero-order valence-corrected chi connectivity index (χ0v) is 30.1. The molecule has 13 rings (SSSR count). The Kier molecular flexibility index (Phi) is 5.63. The van der Waals surface area contributed by atoms with Crippen molar-refractivity contribution >= 4 is 128 Å². The molecule has 0 aliphatic rings. The molecule has 0 bridgehead atoms. The van der Waals surface area contributed by atoms with E-state index in [-0.39, 0.29) is 0 Å². The van der Waals surface area contributed by atoms with Crippen LogP contribution in [0.2, 0.25) is 0 Å². The number of hydrogen-bond acceptors (Lipinski definition) is 5. The maximum absolute atomic E-state index is 6.67. The highest BCUT2D eigenvalue weighted by Gasteiger charge is 2.26. The number of thiophene rings is 2. The third kappa shape index (κ3) is 3.71. The predicted octanol–water partition coefficient (Wildman–Crippen LogP) is 14.2. The Bertz CT molecular complexity index is 3750. The van der Waals surface area contributed by atoms with Crippen LogP contribution in [0, 0.1) is 0 Å². The molecule has 0 N–H and O–H groups in total. The highest BCUT2D eigenvalue weighted by molar-refractivity contribution is 7.27. The van der Waals surface area contributed by atoms with Gasteiger partial charge in [0.25, 0.3) is 0 Å². The van der Waals surface area contributed by atoms with E-state index in [4.69, 9.17) is 14.4 Å². The molecule has 0 unspecified atom stereocenters. The summed E-state index contributed by atoms with van der Waals surface area (Å²) in [5.41, 5.74) is 5.53. The average Bonchev–Trinajstić information content (AvgIpc) is 3.99. The van der Waals surface area contributed by atoms with E-state index in [1.54, 1.807) is 0 Å². The Hall–Kier alpha value is -6.60. The average molecular weight is 724 g/mol. The van der Waals surface area contributed by atoms with Crippen LogP contribution in [0.25, 0.3) is 123 Å². The number of aromatic nitrogens is 3. The van der Waals surface area contributed by atoms with Crippen LogP contribution in [-0.2, 0) is 0 Å². The summed E-state index contributed by atoms with van der Waals surface area (Å²) in [5.74, 6) is 0.596. The molecule has 0 aliphatic carbocycles. The Labute approximate surface area is 314 Å². The van der Waals surface area contributed by atoms with Gasteiger partial charge >= 0.3 is 0 Å². The molecule has 0 fully saturated rings. The molecular formula is C48H25N3OS2. The smallest absolute Gasteiger partial charge is 0.238 e. The Morgan fingerprint density at radius 2 is 1.09 bits per heavy atom. The number of rotatable bonds is 2. The van der Waals surface area contributed by atoms with Gasteiger partial charge < -0.3 is 4.42 Å². The van der Waals surface area contributed by atoms with E-state index in [1.165, 1.54) is 72.7 Å². The molecule has 0 radical (unpaired) electrons. The van der Waals surface area contributed by atoms with Gasteiger partial charge in [-0.1, -0.05) is 127 Å². The molecule has 5 aromatic heterocycles.